The van der Waals surface area contributed by atoms with E-state index in [0.29, 0.717) is 31.5 Å². The summed E-state index contributed by atoms with van der Waals surface area (Å²) in [4.78, 5) is 10.4. The first-order valence-electron chi connectivity index (χ1n) is 9.44. The van der Waals surface area contributed by atoms with Crippen LogP contribution in [0.25, 0.3) is 0 Å². The summed E-state index contributed by atoms with van der Waals surface area (Å²) in [7, 11) is 1.73. The quantitative estimate of drug-likeness (QED) is 0.618. The topological polar surface area (TPSA) is 71.0 Å². The van der Waals surface area contributed by atoms with E-state index in [1.54, 1.807) is 19.3 Å². The van der Waals surface area contributed by atoms with Gasteiger partial charge in [0.1, 0.15) is 12.7 Å². The van der Waals surface area contributed by atoms with Crippen molar-refractivity contribution in [2.24, 2.45) is 4.99 Å². The van der Waals surface area contributed by atoms with Crippen molar-refractivity contribution >= 4 is 11.8 Å². The second-order valence-electron chi connectivity index (χ2n) is 6.84. The lowest BCUT2D eigenvalue weighted by molar-refractivity contribution is 0.0936. The Kier molecular flexibility index (Phi) is 5.45. The number of hydrogen-bond donors (Lipinski definition) is 2. The van der Waals surface area contributed by atoms with Crippen LogP contribution >= 0.6 is 0 Å². The molecule has 2 atom stereocenters. The summed E-state index contributed by atoms with van der Waals surface area (Å²) >= 11 is 0. The molecule has 1 aromatic heterocycles. The number of pyridine rings is 1. The third-order valence-corrected chi connectivity index (χ3v) is 4.86. The summed E-state index contributed by atoms with van der Waals surface area (Å²) < 4.78 is 25.6. The molecule has 148 valence electrons. The molecule has 0 bridgehead atoms. The van der Waals surface area contributed by atoms with Gasteiger partial charge < -0.3 is 25.0 Å². The van der Waals surface area contributed by atoms with E-state index < -0.39 is 0 Å². The van der Waals surface area contributed by atoms with Gasteiger partial charge in [-0.2, -0.15) is 0 Å². The molecule has 2 unspecified atom stereocenters. The maximum Gasteiger partial charge on any atom is 0.191 e. The molecular formula is C20H24FN5O2. The molecular weight excluding hydrogens is 361 g/mol. The number of fused-ring (bicyclic) bond motifs is 1. The van der Waals surface area contributed by atoms with Crippen LogP contribution in [-0.4, -0.2) is 56.4 Å². The smallest absolute Gasteiger partial charge is 0.191 e. The van der Waals surface area contributed by atoms with Crippen LogP contribution in [0.2, 0.25) is 0 Å². The summed E-state index contributed by atoms with van der Waals surface area (Å²) in [6.45, 7) is 2.47. The van der Waals surface area contributed by atoms with Crippen molar-refractivity contribution in [1.29, 1.82) is 0 Å². The third-order valence-electron chi connectivity index (χ3n) is 4.86. The number of nitrogens with zero attached hydrogens (tertiary/aromatic N) is 3. The van der Waals surface area contributed by atoms with Crippen LogP contribution in [-0.2, 0) is 0 Å². The van der Waals surface area contributed by atoms with Crippen molar-refractivity contribution < 1.29 is 13.9 Å². The molecule has 3 heterocycles. The minimum absolute atomic E-state index is 0.101. The highest BCUT2D eigenvalue weighted by Gasteiger charge is 2.26. The van der Waals surface area contributed by atoms with E-state index in [2.05, 4.69) is 20.6 Å². The number of halogens is 1. The van der Waals surface area contributed by atoms with Gasteiger partial charge in [0.2, 0.25) is 0 Å². The van der Waals surface area contributed by atoms with E-state index in [1.165, 1.54) is 6.07 Å². The molecule has 1 saturated heterocycles. The second kappa shape index (κ2) is 8.33. The SMILES string of the molecule is CN=C(NCC1COc2ccccc2O1)NC1CCN(c2ncccc2F)C1. The van der Waals surface area contributed by atoms with E-state index in [-0.39, 0.29) is 18.0 Å². The minimum Gasteiger partial charge on any atom is -0.486 e. The molecule has 2 N–H and O–H groups in total. The molecule has 28 heavy (non-hydrogen) atoms. The lowest BCUT2D eigenvalue weighted by atomic mass is 10.2. The van der Waals surface area contributed by atoms with E-state index >= 15 is 0 Å². The van der Waals surface area contributed by atoms with Crippen molar-refractivity contribution in [3.05, 3.63) is 48.4 Å². The number of hydrogen-bond acceptors (Lipinski definition) is 5. The van der Waals surface area contributed by atoms with Crippen molar-refractivity contribution in [1.82, 2.24) is 15.6 Å². The zero-order valence-corrected chi connectivity index (χ0v) is 15.8. The number of guanidine groups is 1. The predicted octanol–water partition coefficient (Wildman–Crippen LogP) is 1.80. The van der Waals surface area contributed by atoms with Crippen LogP contribution in [0.1, 0.15) is 6.42 Å². The molecule has 7 nitrogen and oxygen atoms in total. The highest BCUT2D eigenvalue weighted by Crippen LogP contribution is 2.30. The summed E-state index contributed by atoms with van der Waals surface area (Å²) in [6.07, 6.45) is 2.40. The van der Waals surface area contributed by atoms with E-state index in [4.69, 9.17) is 9.47 Å². The molecule has 0 spiro atoms. The Hall–Kier alpha value is -3.03. The first-order valence-corrected chi connectivity index (χ1v) is 9.44. The Bertz CT molecular complexity index is 847. The van der Waals surface area contributed by atoms with Gasteiger partial charge in [0.15, 0.2) is 29.1 Å². The molecule has 1 fully saturated rings. The van der Waals surface area contributed by atoms with E-state index in [9.17, 15) is 4.39 Å². The van der Waals surface area contributed by atoms with Gasteiger partial charge in [-0.3, -0.25) is 4.99 Å². The van der Waals surface area contributed by atoms with Gasteiger partial charge in [-0.15, -0.1) is 0 Å². The molecule has 2 aromatic rings. The number of para-hydroxylation sites is 2. The van der Waals surface area contributed by atoms with Gasteiger partial charge in [0.05, 0.1) is 6.54 Å². The van der Waals surface area contributed by atoms with Gasteiger partial charge in [0, 0.05) is 32.4 Å². The van der Waals surface area contributed by atoms with Crippen molar-refractivity contribution in [3.63, 3.8) is 0 Å². The standard InChI is InChI=1S/C20H24FN5O2/c1-22-20(24-11-15-13-27-17-6-2-3-7-18(17)28-15)25-14-8-10-26(12-14)19-16(21)5-4-9-23-19/h2-7,9,14-15H,8,10-13H2,1H3,(H2,22,24,25). The van der Waals surface area contributed by atoms with Crippen LogP contribution in [0.4, 0.5) is 10.2 Å². The van der Waals surface area contributed by atoms with Gasteiger partial charge in [0.25, 0.3) is 0 Å². The molecule has 0 aliphatic carbocycles. The fourth-order valence-corrected chi connectivity index (χ4v) is 3.44. The molecule has 0 radical (unpaired) electrons. The fraction of sp³-hybridized carbons (Fsp3) is 0.400. The van der Waals surface area contributed by atoms with Crippen LogP contribution in [0.5, 0.6) is 11.5 Å². The number of aromatic nitrogens is 1. The van der Waals surface area contributed by atoms with E-state index in [1.807, 2.05) is 29.2 Å². The van der Waals surface area contributed by atoms with E-state index in [0.717, 1.165) is 24.5 Å². The van der Waals surface area contributed by atoms with Crippen LogP contribution in [0.15, 0.2) is 47.6 Å². The van der Waals surface area contributed by atoms with Crippen molar-refractivity contribution in [2.45, 2.75) is 18.6 Å². The molecule has 4 rings (SSSR count). The Morgan fingerprint density at radius 2 is 2.14 bits per heavy atom. The highest BCUT2D eigenvalue weighted by atomic mass is 19.1. The average molecular weight is 385 g/mol. The number of anilines is 1. The molecule has 8 heteroatoms. The number of benzene rings is 1. The Labute approximate surface area is 163 Å². The lowest BCUT2D eigenvalue weighted by Crippen LogP contribution is -2.48. The number of rotatable bonds is 4. The predicted molar refractivity (Wildman–Crippen MR) is 106 cm³/mol. The summed E-state index contributed by atoms with van der Waals surface area (Å²) in [5.74, 6) is 2.33. The zero-order valence-electron chi connectivity index (χ0n) is 15.8. The fourth-order valence-electron chi connectivity index (χ4n) is 3.44. The maximum absolute atomic E-state index is 13.9. The normalized spacial score (nSPS) is 21.5. The molecule has 1 aromatic carbocycles. The zero-order chi connectivity index (χ0) is 19.3. The minimum atomic E-state index is -0.291. The van der Waals surface area contributed by atoms with Gasteiger partial charge in [-0.25, -0.2) is 9.37 Å². The summed E-state index contributed by atoms with van der Waals surface area (Å²) in [5, 5.41) is 6.68. The number of ether oxygens (including phenoxy) is 2. The number of aliphatic imine (C=N–C) groups is 1. The maximum atomic E-state index is 13.9. The van der Waals surface area contributed by atoms with Gasteiger partial charge in [-0.05, 0) is 30.7 Å². The molecule has 2 aliphatic heterocycles. The largest absolute Gasteiger partial charge is 0.486 e. The summed E-state index contributed by atoms with van der Waals surface area (Å²) in [5.41, 5.74) is 0. The summed E-state index contributed by atoms with van der Waals surface area (Å²) in [6, 6.07) is 10.9. The van der Waals surface area contributed by atoms with Crippen LogP contribution < -0.4 is 25.0 Å². The monoisotopic (exact) mass is 385 g/mol. The van der Waals surface area contributed by atoms with Crippen LogP contribution in [0, 0.1) is 5.82 Å². The Morgan fingerprint density at radius 1 is 1.29 bits per heavy atom. The lowest BCUT2D eigenvalue weighted by Gasteiger charge is -2.27. The van der Waals surface area contributed by atoms with Gasteiger partial charge >= 0.3 is 0 Å². The second-order valence-corrected chi connectivity index (χ2v) is 6.84. The molecule has 0 saturated carbocycles. The highest BCUT2D eigenvalue weighted by molar-refractivity contribution is 5.80. The average Bonchev–Trinajstić information content (AvgIpc) is 3.19. The van der Waals surface area contributed by atoms with Crippen molar-refractivity contribution in [2.75, 3.05) is 38.2 Å². The van der Waals surface area contributed by atoms with Gasteiger partial charge in [-0.1, -0.05) is 12.1 Å². The van der Waals surface area contributed by atoms with Crippen LogP contribution in [0.3, 0.4) is 0 Å². The Balaban J connectivity index is 1.27. The molecule has 2 aliphatic rings. The molecule has 0 amide bonds. The first kappa shape index (κ1) is 18.3. The van der Waals surface area contributed by atoms with Crippen molar-refractivity contribution in [3.8, 4) is 11.5 Å². The Morgan fingerprint density at radius 3 is 2.96 bits per heavy atom. The first-order chi connectivity index (χ1) is 13.7. The third kappa shape index (κ3) is 4.11. The number of nitrogens with one attached hydrogen (secondary N) is 2.